The third-order valence-corrected chi connectivity index (χ3v) is 3.45. The molecule has 0 aliphatic rings. The summed E-state index contributed by atoms with van der Waals surface area (Å²) in [6, 6.07) is 5.27. The fourth-order valence-electron chi connectivity index (χ4n) is 1.88. The molecule has 0 spiro atoms. The fourth-order valence-corrected chi connectivity index (χ4v) is 2.63. The monoisotopic (exact) mass is 284 g/mol. The van der Waals surface area contributed by atoms with Crippen LogP contribution in [0.4, 0.5) is 0 Å². The summed E-state index contributed by atoms with van der Waals surface area (Å²) in [7, 11) is 1.50. The Kier molecular flexibility index (Phi) is 3.14. The third-order valence-electron chi connectivity index (χ3n) is 2.65. The Hall–Kier alpha value is -1.79. The Morgan fingerprint density at radius 3 is 2.72 bits per heavy atom. The van der Waals surface area contributed by atoms with E-state index in [0.717, 1.165) is 11.5 Å². The number of fused-ring (bicyclic) bond motifs is 2. The zero-order valence-corrected chi connectivity index (χ0v) is 10.9. The normalized spacial score (nSPS) is 10.5. The minimum absolute atomic E-state index is 0. The predicted octanol–water partition coefficient (Wildman–Crippen LogP) is 1.86. The van der Waals surface area contributed by atoms with Crippen molar-refractivity contribution in [2.45, 2.75) is 0 Å². The first-order chi connectivity index (χ1) is 8.22. The first-order valence-corrected chi connectivity index (χ1v) is 5.74. The van der Waals surface area contributed by atoms with Crippen LogP contribution in [-0.2, 0) is 0 Å². The number of aromatic nitrogens is 2. The number of pyridine rings is 1. The Balaban J connectivity index is 0.00000120. The molecule has 0 aliphatic heterocycles. The lowest BCUT2D eigenvalue weighted by molar-refractivity contribution is 0.419. The third kappa shape index (κ3) is 1.61. The van der Waals surface area contributed by atoms with Crippen LogP contribution in [0.5, 0.6) is 5.75 Å². The van der Waals surface area contributed by atoms with Gasteiger partial charge in [-0.2, -0.15) is 0 Å². The van der Waals surface area contributed by atoms with E-state index in [-0.39, 0.29) is 28.8 Å². The molecule has 0 amide bonds. The Labute approximate surface area is 111 Å². The molecule has 94 valence electrons. The number of hydrogen-bond acceptors (Lipinski definition) is 4. The molecular weight excluding hydrogens is 276 g/mol. The fraction of sp³-hybridized carbons (Fsp3) is 0.0909. The molecule has 2 aromatic heterocycles. The van der Waals surface area contributed by atoms with Crippen LogP contribution in [0.3, 0.4) is 0 Å². The smallest absolute Gasteiger partial charge is 0.271 e. The number of nitrogens with one attached hydrogen (secondary N) is 2. The maximum atomic E-state index is 12.2. The summed E-state index contributed by atoms with van der Waals surface area (Å²) < 4.78 is 7.69. The minimum Gasteiger partial charge on any atom is -0.496 e. The highest BCUT2D eigenvalue weighted by molar-refractivity contribution is 7.12. The van der Waals surface area contributed by atoms with Crippen molar-refractivity contribution in [3.8, 4) is 5.75 Å². The van der Waals surface area contributed by atoms with E-state index in [2.05, 4.69) is 9.36 Å². The molecule has 0 unspecified atom stereocenters. The van der Waals surface area contributed by atoms with Crippen LogP contribution in [-0.4, -0.2) is 16.5 Å². The summed E-state index contributed by atoms with van der Waals surface area (Å²) in [6.07, 6.45) is 0. The van der Waals surface area contributed by atoms with E-state index in [1.54, 1.807) is 18.2 Å². The minimum atomic E-state index is -0.362. The van der Waals surface area contributed by atoms with Crippen molar-refractivity contribution in [3.05, 3.63) is 38.8 Å². The molecule has 2 N–H and O–H groups in total. The number of hydrogen-bond donors (Lipinski definition) is 2. The summed E-state index contributed by atoms with van der Waals surface area (Å²) >= 11 is 1.12. The van der Waals surface area contributed by atoms with Gasteiger partial charge in [-0.1, -0.05) is 6.07 Å². The number of H-pyrrole nitrogens is 2. The number of benzene rings is 1. The Morgan fingerprint density at radius 2 is 2.00 bits per heavy atom. The summed E-state index contributed by atoms with van der Waals surface area (Å²) in [5, 5.41) is 0.568. The summed E-state index contributed by atoms with van der Waals surface area (Å²) in [5.74, 6) is 0.469. The number of halogens is 1. The van der Waals surface area contributed by atoms with Gasteiger partial charge in [0.1, 0.15) is 16.0 Å². The van der Waals surface area contributed by atoms with Gasteiger partial charge in [-0.05, 0) is 23.7 Å². The van der Waals surface area contributed by atoms with Crippen LogP contribution >= 0.6 is 23.9 Å². The lowest BCUT2D eigenvalue weighted by Crippen LogP contribution is -2.12. The average Bonchev–Trinajstić information content (AvgIpc) is 2.70. The quantitative estimate of drug-likeness (QED) is 0.716. The van der Waals surface area contributed by atoms with Crippen molar-refractivity contribution in [2.24, 2.45) is 0 Å². The number of rotatable bonds is 1. The van der Waals surface area contributed by atoms with Crippen molar-refractivity contribution in [1.82, 2.24) is 9.36 Å². The van der Waals surface area contributed by atoms with Gasteiger partial charge in [0, 0.05) is 0 Å². The molecule has 0 saturated carbocycles. The van der Waals surface area contributed by atoms with Gasteiger partial charge in [0.15, 0.2) is 0 Å². The number of aromatic amines is 2. The van der Waals surface area contributed by atoms with E-state index in [1.165, 1.54) is 7.11 Å². The molecule has 0 atom stereocenters. The molecular formula is C11H9ClN2O3S. The van der Waals surface area contributed by atoms with E-state index in [4.69, 9.17) is 4.74 Å². The predicted molar refractivity (Wildman–Crippen MR) is 74.4 cm³/mol. The average molecular weight is 285 g/mol. The zero-order chi connectivity index (χ0) is 12.0. The molecule has 2 heterocycles. The molecule has 0 fully saturated rings. The second kappa shape index (κ2) is 4.47. The lowest BCUT2D eigenvalue weighted by atomic mass is 10.1. The molecule has 5 nitrogen and oxygen atoms in total. The van der Waals surface area contributed by atoms with Crippen LogP contribution in [0.2, 0.25) is 0 Å². The van der Waals surface area contributed by atoms with Gasteiger partial charge in [-0.15, -0.1) is 12.4 Å². The largest absolute Gasteiger partial charge is 0.496 e. The van der Waals surface area contributed by atoms with Crippen LogP contribution in [0.15, 0.2) is 27.8 Å². The van der Waals surface area contributed by atoms with Crippen molar-refractivity contribution in [1.29, 1.82) is 0 Å². The van der Waals surface area contributed by atoms with E-state index in [9.17, 15) is 9.59 Å². The summed E-state index contributed by atoms with van der Waals surface area (Å²) in [6.45, 7) is 0. The van der Waals surface area contributed by atoms with E-state index in [0.29, 0.717) is 21.5 Å². The standard InChI is InChI=1S/C11H8N2O3S.ClH/c1-16-6-4-2-3-5-7(6)9(14)8-10(15)13-17-11(8)12-5;/h2-4H,1H3,(H,12,14)(H,13,15);1H. The van der Waals surface area contributed by atoms with Gasteiger partial charge >= 0.3 is 0 Å². The van der Waals surface area contributed by atoms with Crippen molar-refractivity contribution >= 4 is 45.1 Å². The summed E-state index contributed by atoms with van der Waals surface area (Å²) in [5.41, 5.74) is 0.00450. The van der Waals surface area contributed by atoms with E-state index >= 15 is 0 Å². The molecule has 0 bridgehead atoms. The number of methoxy groups -OCH3 is 1. The number of ether oxygens (including phenoxy) is 1. The second-order valence-electron chi connectivity index (χ2n) is 3.57. The lowest BCUT2D eigenvalue weighted by Gasteiger charge is -2.03. The molecule has 7 heteroatoms. The molecule has 0 aliphatic carbocycles. The second-order valence-corrected chi connectivity index (χ2v) is 4.39. The highest BCUT2D eigenvalue weighted by atomic mass is 35.5. The molecule has 1 aromatic carbocycles. The van der Waals surface area contributed by atoms with Gasteiger partial charge in [0.25, 0.3) is 5.56 Å². The van der Waals surface area contributed by atoms with Crippen LogP contribution in [0.1, 0.15) is 0 Å². The van der Waals surface area contributed by atoms with E-state index in [1.807, 2.05) is 0 Å². The van der Waals surface area contributed by atoms with Crippen LogP contribution in [0, 0.1) is 0 Å². The topological polar surface area (TPSA) is 75.0 Å². The first kappa shape index (κ1) is 12.7. The Bertz CT molecular complexity index is 834. The van der Waals surface area contributed by atoms with Gasteiger partial charge < -0.3 is 9.72 Å². The summed E-state index contributed by atoms with van der Waals surface area (Å²) in [4.78, 5) is 27.4. The van der Waals surface area contributed by atoms with Crippen LogP contribution < -0.4 is 15.7 Å². The van der Waals surface area contributed by atoms with Crippen molar-refractivity contribution in [2.75, 3.05) is 7.11 Å². The highest BCUT2D eigenvalue weighted by Gasteiger charge is 2.13. The van der Waals surface area contributed by atoms with Gasteiger partial charge in [0.05, 0.1) is 18.0 Å². The van der Waals surface area contributed by atoms with Gasteiger partial charge in [-0.3, -0.25) is 14.0 Å². The van der Waals surface area contributed by atoms with E-state index < -0.39 is 0 Å². The highest BCUT2D eigenvalue weighted by Crippen LogP contribution is 2.23. The van der Waals surface area contributed by atoms with Crippen molar-refractivity contribution in [3.63, 3.8) is 0 Å². The Morgan fingerprint density at radius 1 is 1.22 bits per heavy atom. The molecule has 3 aromatic rings. The van der Waals surface area contributed by atoms with Gasteiger partial charge in [0.2, 0.25) is 5.43 Å². The maximum Gasteiger partial charge on any atom is 0.271 e. The molecule has 3 rings (SSSR count). The maximum absolute atomic E-state index is 12.2. The molecule has 0 radical (unpaired) electrons. The van der Waals surface area contributed by atoms with Crippen molar-refractivity contribution < 1.29 is 4.74 Å². The van der Waals surface area contributed by atoms with Gasteiger partial charge in [-0.25, -0.2) is 0 Å². The van der Waals surface area contributed by atoms with Crippen LogP contribution in [0.25, 0.3) is 21.1 Å². The first-order valence-electron chi connectivity index (χ1n) is 4.92. The SMILES string of the molecule is COc1cccc2[nH]c3s[nH]c(=O)c3c(=O)c12.Cl. The molecule has 18 heavy (non-hydrogen) atoms. The zero-order valence-electron chi connectivity index (χ0n) is 9.27. The molecule has 0 saturated heterocycles.